The first-order valence-electron chi connectivity index (χ1n) is 9.01. The molecule has 2 saturated heterocycles. The highest BCUT2D eigenvalue weighted by molar-refractivity contribution is 8.16. The average Bonchev–Trinajstić information content (AvgIpc) is 3.14. The van der Waals surface area contributed by atoms with E-state index in [1.165, 1.54) is 11.8 Å². The van der Waals surface area contributed by atoms with E-state index in [1.807, 2.05) is 29.2 Å². The van der Waals surface area contributed by atoms with Gasteiger partial charge in [-0.25, -0.2) is 8.42 Å². The molecule has 0 N–H and O–H groups in total. The van der Waals surface area contributed by atoms with Crippen molar-refractivity contribution in [2.75, 3.05) is 23.5 Å². The molecule has 0 saturated carbocycles. The molecule has 2 aromatic rings. The van der Waals surface area contributed by atoms with Crippen molar-refractivity contribution in [3.05, 3.63) is 59.1 Å². The van der Waals surface area contributed by atoms with Gasteiger partial charge in [-0.3, -0.25) is 4.79 Å². The number of halogens is 1. The Morgan fingerprint density at radius 3 is 2.62 bits per heavy atom. The molecule has 2 heterocycles. The zero-order chi connectivity index (χ0) is 20.6. The maximum absolute atomic E-state index is 12.6. The summed E-state index contributed by atoms with van der Waals surface area (Å²) in [6, 6.07) is 14.2. The topological polar surface area (TPSA) is 76.0 Å². The molecule has 9 heteroatoms. The van der Waals surface area contributed by atoms with Gasteiger partial charge in [0, 0.05) is 16.0 Å². The predicted octanol–water partition coefficient (Wildman–Crippen LogP) is 3.19. The Labute approximate surface area is 178 Å². The molecule has 0 unspecified atom stereocenters. The number of fused-ring (bicyclic) bond motifs is 1. The van der Waals surface area contributed by atoms with Crippen LogP contribution < -0.4 is 9.64 Å². The standard InChI is InChI=1S/C20H19ClN2O4S2/c1-27-15-8-6-14(7-9-15)23-17-11-29(25,26)12-18(17)28-20(23)22-19(24)10-13-4-2-3-5-16(13)21/h2-9,17-18H,10-12H2,1H3/t17-,18+/m1/s1. The molecule has 2 aromatic carbocycles. The smallest absolute Gasteiger partial charge is 0.252 e. The SMILES string of the molecule is COc1ccc(N2C(=NC(=O)Cc3ccccc3Cl)S[C@H]3CS(=O)(=O)C[C@H]32)cc1. The van der Waals surface area contributed by atoms with Crippen LogP contribution in [0.2, 0.25) is 5.02 Å². The molecule has 2 fully saturated rings. The predicted molar refractivity (Wildman–Crippen MR) is 117 cm³/mol. The van der Waals surface area contributed by atoms with Crippen molar-refractivity contribution in [1.29, 1.82) is 0 Å². The van der Waals surface area contributed by atoms with E-state index in [-0.39, 0.29) is 35.1 Å². The van der Waals surface area contributed by atoms with E-state index in [0.717, 1.165) is 5.69 Å². The van der Waals surface area contributed by atoms with Gasteiger partial charge in [0.2, 0.25) is 0 Å². The molecule has 0 aromatic heterocycles. The van der Waals surface area contributed by atoms with Crippen LogP contribution in [0.25, 0.3) is 0 Å². The molecule has 152 valence electrons. The normalized spacial score (nSPS) is 23.9. The highest BCUT2D eigenvalue weighted by Crippen LogP contribution is 2.41. The molecule has 4 rings (SSSR count). The van der Waals surface area contributed by atoms with Gasteiger partial charge in [-0.15, -0.1) is 0 Å². The van der Waals surface area contributed by atoms with Crippen LogP contribution in [-0.4, -0.2) is 49.4 Å². The Hall–Kier alpha value is -2.03. The minimum atomic E-state index is -3.11. The number of nitrogens with zero attached hydrogens (tertiary/aromatic N) is 2. The van der Waals surface area contributed by atoms with Gasteiger partial charge in [0.15, 0.2) is 15.0 Å². The van der Waals surface area contributed by atoms with Gasteiger partial charge in [0.25, 0.3) is 5.91 Å². The van der Waals surface area contributed by atoms with Gasteiger partial charge >= 0.3 is 0 Å². The molecular formula is C20H19ClN2O4S2. The third kappa shape index (κ3) is 4.29. The lowest BCUT2D eigenvalue weighted by Gasteiger charge is -2.24. The Bertz CT molecular complexity index is 1070. The fourth-order valence-electron chi connectivity index (χ4n) is 3.56. The first-order valence-corrected chi connectivity index (χ1v) is 12.1. The first kappa shape index (κ1) is 20.3. The largest absolute Gasteiger partial charge is 0.497 e. The Balaban J connectivity index is 1.64. The summed E-state index contributed by atoms with van der Waals surface area (Å²) in [5.41, 5.74) is 1.50. The molecule has 6 nitrogen and oxygen atoms in total. The van der Waals surface area contributed by atoms with Gasteiger partial charge in [0.05, 0.1) is 31.1 Å². The summed E-state index contributed by atoms with van der Waals surface area (Å²) in [7, 11) is -1.53. The van der Waals surface area contributed by atoms with Gasteiger partial charge in [-0.1, -0.05) is 41.6 Å². The summed E-state index contributed by atoms with van der Waals surface area (Å²) >= 11 is 7.50. The molecule has 2 aliphatic heterocycles. The number of carbonyl (C=O) groups excluding carboxylic acids is 1. The second-order valence-corrected chi connectivity index (χ2v) is 10.7. The van der Waals surface area contributed by atoms with E-state index in [0.29, 0.717) is 21.5 Å². The summed E-state index contributed by atoms with van der Waals surface area (Å²) in [5, 5.41) is 0.904. The number of aliphatic imine (C=N–C) groups is 1. The molecule has 29 heavy (non-hydrogen) atoms. The number of hydrogen-bond donors (Lipinski definition) is 0. The number of sulfone groups is 1. The number of rotatable bonds is 4. The van der Waals surface area contributed by atoms with Gasteiger partial charge in [-0.05, 0) is 35.9 Å². The number of amidine groups is 1. The lowest BCUT2D eigenvalue weighted by Crippen LogP contribution is -2.37. The lowest BCUT2D eigenvalue weighted by molar-refractivity contribution is -0.117. The van der Waals surface area contributed by atoms with E-state index in [9.17, 15) is 13.2 Å². The second-order valence-electron chi connectivity index (χ2n) is 6.92. The summed E-state index contributed by atoms with van der Waals surface area (Å²) in [4.78, 5) is 18.8. The average molecular weight is 451 g/mol. The van der Waals surface area contributed by atoms with Crippen molar-refractivity contribution in [1.82, 2.24) is 0 Å². The fraction of sp³-hybridized carbons (Fsp3) is 0.300. The number of hydrogen-bond acceptors (Lipinski definition) is 5. The van der Waals surface area contributed by atoms with E-state index < -0.39 is 9.84 Å². The maximum Gasteiger partial charge on any atom is 0.252 e. The van der Waals surface area contributed by atoms with E-state index in [2.05, 4.69) is 4.99 Å². The summed E-state index contributed by atoms with van der Waals surface area (Å²) in [6.45, 7) is 0. The van der Waals surface area contributed by atoms with Crippen molar-refractivity contribution < 1.29 is 17.9 Å². The number of methoxy groups -OCH3 is 1. The van der Waals surface area contributed by atoms with Crippen molar-refractivity contribution in [3.63, 3.8) is 0 Å². The number of anilines is 1. The van der Waals surface area contributed by atoms with Crippen LogP contribution in [0.3, 0.4) is 0 Å². The summed E-state index contributed by atoms with van der Waals surface area (Å²) in [5.74, 6) is 0.521. The van der Waals surface area contributed by atoms with Crippen molar-refractivity contribution in [3.8, 4) is 5.75 Å². The molecule has 0 spiro atoms. The van der Waals surface area contributed by atoms with Crippen molar-refractivity contribution in [2.24, 2.45) is 4.99 Å². The van der Waals surface area contributed by atoms with Gasteiger partial charge < -0.3 is 9.64 Å². The molecule has 0 radical (unpaired) electrons. The molecule has 2 aliphatic rings. The Morgan fingerprint density at radius 1 is 1.21 bits per heavy atom. The van der Waals surface area contributed by atoms with Crippen LogP contribution in [-0.2, 0) is 21.1 Å². The monoisotopic (exact) mass is 450 g/mol. The van der Waals surface area contributed by atoms with Crippen LogP contribution in [0, 0.1) is 0 Å². The highest BCUT2D eigenvalue weighted by Gasteiger charge is 2.49. The van der Waals surface area contributed by atoms with Crippen LogP contribution in [0.1, 0.15) is 5.56 Å². The summed E-state index contributed by atoms with van der Waals surface area (Å²) in [6.07, 6.45) is 0.0911. The minimum absolute atomic E-state index is 0.0500. The van der Waals surface area contributed by atoms with Crippen LogP contribution in [0.15, 0.2) is 53.5 Å². The Kier molecular flexibility index (Phi) is 5.59. The van der Waals surface area contributed by atoms with Crippen molar-refractivity contribution in [2.45, 2.75) is 17.7 Å². The molecular weight excluding hydrogens is 432 g/mol. The maximum atomic E-state index is 12.6. The van der Waals surface area contributed by atoms with E-state index >= 15 is 0 Å². The van der Waals surface area contributed by atoms with Gasteiger partial charge in [-0.2, -0.15) is 4.99 Å². The van der Waals surface area contributed by atoms with Crippen LogP contribution in [0.5, 0.6) is 5.75 Å². The third-order valence-corrected chi connectivity index (χ3v) is 8.52. The van der Waals surface area contributed by atoms with Gasteiger partial charge in [0.1, 0.15) is 5.75 Å². The third-order valence-electron chi connectivity index (χ3n) is 4.94. The van der Waals surface area contributed by atoms with Crippen molar-refractivity contribution >= 4 is 50.0 Å². The number of thioether (sulfide) groups is 1. The molecule has 2 atom stereocenters. The number of carbonyl (C=O) groups is 1. The first-order chi connectivity index (χ1) is 13.9. The highest BCUT2D eigenvalue weighted by atomic mass is 35.5. The second kappa shape index (κ2) is 8.01. The van der Waals surface area contributed by atoms with E-state index in [1.54, 1.807) is 31.4 Å². The van der Waals surface area contributed by atoms with E-state index in [4.69, 9.17) is 16.3 Å². The number of ether oxygens (including phenoxy) is 1. The lowest BCUT2D eigenvalue weighted by atomic mass is 10.1. The fourth-order valence-corrected chi connectivity index (χ4v) is 7.69. The zero-order valence-electron chi connectivity index (χ0n) is 15.6. The summed E-state index contributed by atoms with van der Waals surface area (Å²) < 4.78 is 29.5. The molecule has 1 amide bonds. The van der Waals surface area contributed by atoms with Crippen LogP contribution in [0.4, 0.5) is 5.69 Å². The molecule has 0 bridgehead atoms. The zero-order valence-corrected chi connectivity index (χ0v) is 18.0. The Morgan fingerprint density at radius 2 is 1.93 bits per heavy atom. The quantitative estimate of drug-likeness (QED) is 0.712. The van der Waals surface area contributed by atoms with Crippen LogP contribution >= 0.6 is 23.4 Å². The minimum Gasteiger partial charge on any atom is -0.497 e. The number of benzene rings is 2. The molecule has 0 aliphatic carbocycles. The number of amides is 1.